The maximum absolute atomic E-state index is 12.3. The quantitative estimate of drug-likeness (QED) is 0.826. The van der Waals surface area contributed by atoms with E-state index in [0.717, 1.165) is 31.6 Å². The number of nitrogens with one attached hydrogen (secondary N) is 2. The molecule has 6 nitrogen and oxygen atoms in total. The van der Waals surface area contributed by atoms with E-state index in [0.29, 0.717) is 32.1 Å². The van der Waals surface area contributed by atoms with Crippen molar-refractivity contribution in [3.05, 3.63) is 24.3 Å². The third kappa shape index (κ3) is 4.02. The van der Waals surface area contributed by atoms with Crippen LogP contribution in [0.3, 0.4) is 0 Å². The lowest BCUT2D eigenvalue weighted by Gasteiger charge is -2.34. The summed E-state index contributed by atoms with van der Waals surface area (Å²) >= 11 is 0. The number of rotatable bonds is 5. The van der Waals surface area contributed by atoms with E-state index >= 15 is 0 Å². The summed E-state index contributed by atoms with van der Waals surface area (Å²) in [4.78, 5) is 13.6. The third-order valence-corrected chi connectivity index (χ3v) is 4.40. The van der Waals surface area contributed by atoms with Crippen molar-refractivity contribution in [3.63, 3.8) is 0 Å². The Morgan fingerprint density at radius 1 is 1.26 bits per heavy atom. The van der Waals surface area contributed by atoms with Crippen molar-refractivity contribution in [2.24, 2.45) is 0 Å². The summed E-state index contributed by atoms with van der Waals surface area (Å²) < 4.78 is 17.0. The zero-order chi connectivity index (χ0) is 16.1. The standard InChI is InChI=1S/C17H24N2O4/c1-2-21-15-6-4-3-5-14(15)18-16(20)13-19-9-7-17(8-10-19)22-11-12-23-17/h3-6H,2,7-13H2,1H3,(H,18,20)/p+1. The minimum Gasteiger partial charge on any atom is -0.492 e. The molecular weight excluding hydrogens is 296 g/mol. The number of carbonyl (C=O) groups excluding carboxylic acids is 1. The molecule has 3 rings (SSSR count). The van der Waals surface area contributed by atoms with E-state index in [1.165, 1.54) is 4.90 Å². The Hall–Kier alpha value is -1.63. The fourth-order valence-corrected chi connectivity index (χ4v) is 3.22. The number of ether oxygens (including phenoxy) is 3. The molecule has 0 saturated carbocycles. The molecule has 2 N–H and O–H groups in total. The van der Waals surface area contributed by atoms with E-state index in [2.05, 4.69) is 5.32 Å². The normalized spacial score (nSPS) is 20.6. The van der Waals surface area contributed by atoms with Crippen molar-refractivity contribution in [3.8, 4) is 5.75 Å². The molecule has 2 aliphatic heterocycles. The predicted molar refractivity (Wildman–Crippen MR) is 85.7 cm³/mol. The first-order valence-electron chi connectivity index (χ1n) is 8.34. The van der Waals surface area contributed by atoms with Gasteiger partial charge in [0.1, 0.15) is 5.75 Å². The van der Waals surface area contributed by atoms with Crippen molar-refractivity contribution < 1.29 is 23.9 Å². The number of hydrogen-bond acceptors (Lipinski definition) is 4. The fourth-order valence-electron chi connectivity index (χ4n) is 3.22. The molecule has 2 heterocycles. The molecule has 1 spiro atoms. The zero-order valence-corrected chi connectivity index (χ0v) is 13.6. The number of para-hydroxylation sites is 2. The van der Waals surface area contributed by atoms with Crippen LogP contribution in [0.15, 0.2) is 24.3 Å². The number of anilines is 1. The van der Waals surface area contributed by atoms with Gasteiger partial charge >= 0.3 is 0 Å². The highest BCUT2D eigenvalue weighted by atomic mass is 16.7. The zero-order valence-electron chi connectivity index (χ0n) is 13.6. The van der Waals surface area contributed by atoms with Crippen molar-refractivity contribution in [2.75, 3.05) is 44.8 Å². The lowest BCUT2D eigenvalue weighted by Crippen LogP contribution is -3.14. The van der Waals surface area contributed by atoms with E-state index in [4.69, 9.17) is 14.2 Å². The number of hydrogen-bond donors (Lipinski definition) is 2. The van der Waals surface area contributed by atoms with Crippen molar-refractivity contribution in [1.29, 1.82) is 0 Å². The van der Waals surface area contributed by atoms with E-state index in [1.807, 2.05) is 31.2 Å². The summed E-state index contributed by atoms with van der Waals surface area (Å²) in [6.07, 6.45) is 1.70. The first-order valence-corrected chi connectivity index (χ1v) is 8.34. The molecule has 6 heteroatoms. The molecule has 0 bridgehead atoms. The van der Waals surface area contributed by atoms with Gasteiger partial charge in [0, 0.05) is 0 Å². The Bertz CT molecular complexity index is 533. The summed E-state index contributed by atoms with van der Waals surface area (Å²) in [5.74, 6) is 0.349. The van der Waals surface area contributed by atoms with Gasteiger partial charge in [-0.1, -0.05) is 12.1 Å². The number of amides is 1. The van der Waals surface area contributed by atoms with E-state index in [-0.39, 0.29) is 11.7 Å². The maximum atomic E-state index is 12.3. The van der Waals surface area contributed by atoms with Crippen LogP contribution >= 0.6 is 0 Å². The van der Waals surface area contributed by atoms with Gasteiger partial charge < -0.3 is 24.4 Å². The monoisotopic (exact) mass is 321 g/mol. The van der Waals surface area contributed by atoms with Gasteiger partial charge in [0.15, 0.2) is 12.3 Å². The van der Waals surface area contributed by atoms with Gasteiger partial charge in [0.25, 0.3) is 5.91 Å². The molecule has 23 heavy (non-hydrogen) atoms. The number of likely N-dealkylation sites (tertiary alicyclic amines) is 1. The van der Waals surface area contributed by atoms with Gasteiger partial charge in [0.05, 0.1) is 51.4 Å². The Labute approximate surface area is 136 Å². The van der Waals surface area contributed by atoms with Gasteiger partial charge in [-0.2, -0.15) is 0 Å². The Balaban J connectivity index is 1.50. The molecule has 126 valence electrons. The Morgan fingerprint density at radius 2 is 1.96 bits per heavy atom. The second-order valence-corrected chi connectivity index (χ2v) is 6.01. The van der Waals surface area contributed by atoms with Crippen LogP contribution in [0.1, 0.15) is 19.8 Å². The second-order valence-electron chi connectivity index (χ2n) is 6.01. The summed E-state index contributed by atoms with van der Waals surface area (Å²) in [6, 6.07) is 7.52. The van der Waals surface area contributed by atoms with Crippen molar-refractivity contribution in [2.45, 2.75) is 25.6 Å². The van der Waals surface area contributed by atoms with E-state index in [9.17, 15) is 4.79 Å². The highest BCUT2D eigenvalue weighted by Crippen LogP contribution is 2.27. The van der Waals surface area contributed by atoms with Gasteiger partial charge in [-0.25, -0.2) is 0 Å². The first-order chi connectivity index (χ1) is 11.2. The number of piperidine rings is 1. The number of benzene rings is 1. The largest absolute Gasteiger partial charge is 0.492 e. The fraction of sp³-hybridized carbons (Fsp3) is 0.588. The molecule has 1 aromatic rings. The van der Waals surface area contributed by atoms with Crippen LogP contribution in [0.2, 0.25) is 0 Å². The number of carbonyl (C=O) groups is 1. The average molecular weight is 321 g/mol. The molecule has 0 aliphatic carbocycles. The highest BCUT2D eigenvalue weighted by molar-refractivity contribution is 5.92. The summed E-state index contributed by atoms with van der Waals surface area (Å²) in [6.45, 7) is 6.11. The Morgan fingerprint density at radius 3 is 2.65 bits per heavy atom. The van der Waals surface area contributed by atoms with Crippen molar-refractivity contribution in [1.82, 2.24) is 0 Å². The van der Waals surface area contributed by atoms with Gasteiger partial charge in [-0.15, -0.1) is 0 Å². The van der Waals surface area contributed by atoms with Crippen LogP contribution in [0.5, 0.6) is 5.75 Å². The molecule has 0 aromatic heterocycles. The molecule has 0 radical (unpaired) electrons. The number of quaternary nitrogens is 1. The topological polar surface area (TPSA) is 61.2 Å². The molecule has 0 atom stereocenters. The van der Waals surface area contributed by atoms with Crippen LogP contribution in [0, 0.1) is 0 Å². The molecule has 1 amide bonds. The Kier molecular flexibility index (Phi) is 5.15. The lowest BCUT2D eigenvalue weighted by molar-refractivity contribution is -0.900. The summed E-state index contributed by atoms with van der Waals surface area (Å²) in [7, 11) is 0. The first kappa shape index (κ1) is 16.2. The summed E-state index contributed by atoms with van der Waals surface area (Å²) in [5, 5.41) is 2.96. The van der Waals surface area contributed by atoms with E-state index in [1.54, 1.807) is 0 Å². The van der Waals surface area contributed by atoms with Crippen LogP contribution in [0.4, 0.5) is 5.69 Å². The molecular formula is C17H25N2O4+. The molecule has 2 fully saturated rings. The smallest absolute Gasteiger partial charge is 0.279 e. The average Bonchev–Trinajstić information content (AvgIpc) is 3.00. The SMILES string of the molecule is CCOc1ccccc1NC(=O)C[NH+]1CCC2(CC1)OCCO2. The predicted octanol–water partition coefficient (Wildman–Crippen LogP) is 0.446. The van der Waals surface area contributed by atoms with Crippen LogP contribution < -0.4 is 15.0 Å². The van der Waals surface area contributed by atoms with Crippen molar-refractivity contribution >= 4 is 11.6 Å². The molecule has 2 aliphatic rings. The van der Waals surface area contributed by atoms with E-state index < -0.39 is 0 Å². The third-order valence-electron chi connectivity index (χ3n) is 4.40. The van der Waals surface area contributed by atoms with Crippen LogP contribution in [0.25, 0.3) is 0 Å². The summed E-state index contributed by atoms with van der Waals surface area (Å²) in [5.41, 5.74) is 0.731. The minimum absolute atomic E-state index is 0.0105. The van der Waals surface area contributed by atoms with Gasteiger partial charge in [-0.05, 0) is 19.1 Å². The highest BCUT2D eigenvalue weighted by Gasteiger charge is 2.42. The molecule has 0 unspecified atom stereocenters. The van der Waals surface area contributed by atoms with Crippen LogP contribution in [-0.2, 0) is 14.3 Å². The van der Waals surface area contributed by atoms with Gasteiger partial charge in [-0.3, -0.25) is 4.79 Å². The van der Waals surface area contributed by atoms with Gasteiger partial charge in [0.2, 0.25) is 0 Å². The van der Waals surface area contributed by atoms with Crippen LogP contribution in [-0.4, -0.2) is 51.1 Å². The maximum Gasteiger partial charge on any atom is 0.279 e. The molecule has 1 aromatic carbocycles. The minimum atomic E-state index is -0.373. The second kappa shape index (κ2) is 7.29. The molecule has 2 saturated heterocycles. The lowest BCUT2D eigenvalue weighted by atomic mass is 10.0.